The maximum atomic E-state index is 12.7. The predicted octanol–water partition coefficient (Wildman–Crippen LogP) is 4.61. The molecule has 1 saturated carbocycles. The van der Waals surface area contributed by atoms with Crippen molar-refractivity contribution in [3.63, 3.8) is 0 Å². The fourth-order valence-electron chi connectivity index (χ4n) is 2.42. The second kappa shape index (κ2) is 6.04. The zero-order valence-electron chi connectivity index (χ0n) is 10.6. The maximum Gasteiger partial charge on any atom is 0.391 e. The van der Waals surface area contributed by atoms with E-state index < -0.39 is 24.0 Å². The Labute approximate surface area is 119 Å². The molecule has 0 bridgehead atoms. The van der Waals surface area contributed by atoms with Crippen LogP contribution in [-0.2, 0) is 4.79 Å². The molecule has 0 amide bonds. The number of alkyl halides is 3. The summed E-state index contributed by atoms with van der Waals surface area (Å²) in [7, 11) is 0. The van der Waals surface area contributed by atoms with Gasteiger partial charge in [0.15, 0.2) is 0 Å². The Balaban J connectivity index is 2.01. The van der Waals surface area contributed by atoms with Gasteiger partial charge in [0, 0.05) is 0 Å². The molecule has 2 atom stereocenters. The van der Waals surface area contributed by atoms with Gasteiger partial charge in [-0.2, -0.15) is 13.2 Å². The van der Waals surface area contributed by atoms with Crippen molar-refractivity contribution in [2.45, 2.75) is 31.9 Å². The van der Waals surface area contributed by atoms with E-state index in [1.165, 1.54) is 6.07 Å². The highest BCUT2D eigenvalue weighted by molar-refractivity contribution is 6.32. The van der Waals surface area contributed by atoms with Crippen molar-refractivity contribution in [3.05, 3.63) is 29.3 Å². The molecule has 0 aliphatic heterocycles. The smallest absolute Gasteiger partial charge is 0.391 e. The molecule has 1 fully saturated rings. The van der Waals surface area contributed by atoms with Gasteiger partial charge in [0.05, 0.1) is 16.9 Å². The SMILES string of the molecule is O=C(Oc1ccccc1Cl)C1CCCC(C(F)(F)F)C1. The lowest BCUT2D eigenvalue weighted by atomic mass is 9.81. The summed E-state index contributed by atoms with van der Waals surface area (Å²) in [5, 5.41) is 0.268. The quantitative estimate of drug-likeness (QED) is 0.589. The first-order valence-corrected chi connectivity index (χ1v) is 6.78. The van der Waals surface area contributed by atoms with Crippen molar-refractivity contribution in [1.82, 2.24) is 0 Å². The predicted molar refractivity (Wildman–Crippen MR) is 68.6 cm³/mol. The van der Waals surface area contributed by atoms with E-state index in [0.29, 0.717) is 12.8 Å². The van der Waals surface area contributed by atoms with Crippen LogP contribution in [0.2, 0.25) is 5.02 Å². The first-order valence-electron chi connectivity index (χ1n) is 6.41. The third-order valence-electron chi connectivity index (χ3n) is 3.52. The highest BCUT2D eigenvalue weighted by atomic mass is 35.5. The third kappa shape index (κ3) is 3.66. The minimum absolute atomic E-state index is 0.0827. The Morgan fingerprint density at radius 2 is 1.95 bits per heavy atom. The van der Waals surface area contributed by atoms with Gasteiger partial charge in [-0.25, -0.2) is 0 Å². The zero-order valence-corrected chi connectivity index (χ0v) is 11.4. The number of rotatable bonds is 2. The van der Waals surface area contributed by atoms with Gasteiger partial charge in [-0.1, -0.05) is 30.2 Å². The molecule has 1 aromatic carbocycles. The van der Waals surface area contributed by atoms with Crippen molar-refractivity contribution < 1.29 is 22.7 Å². The molecule has 2 nitrogen and oxygen atoms in total. The molecule has 110 valence electrons. The fourth-order valence-corrected chi connectivity index (χ4v) is 2.59. The van der Waals surface area contributed by atoms with Gasteiger partial charge in [0.1, 0.15) is 5.75 Å². The Bertz CT molecular complexity index is 488. The lowest BCUT2D eigenvalue weighted by Crippen LogP contribution is -2.33. The van der Waals surface area contributed by atoms with E-state index in [2.05, 4.69) is 0 Å². The molecule has 6 heteroatoms. The molecule has 0 aromatic heterocycles. The summed E-state index contributed by atoms with van der Waals surface area (Å²) >= 11 is 5.85. The molecule has 0 saturated heterocycles. The summed E-state index contributed by atoms with van der Waals surface area (Å²) in [5.74, 6) is -2.58. The molecule has 2 unspecified atom stereocenters. The average Bonchev–Trinajstić information content (AvgIpc) is 2.40. The highest BCUT2D eigenvalue weighted by Gasteiger charge is 2.44. The summed E-state index contributed by atoms with van der Waals surface area (Å²) in [5.41, 5.74) is 0. The van der Waals surface area contributed by atoms with Crippen LogP contribution in [-0.4, -0.2) is 12.1 Å². The zero-order chi connectivity index (χ0) is 14.8. The molecule has 0 radical (unpaired) electrons. The van der Waals surface area contributed by atoms with Crippen LogP contribution in [0.1, 0.15) is 25.7 Å². The summed E-state index contributed by atoms with van der Waals surface area (Å²) < 4.78 is 43.2. The van der Waals surface area contributed by atoms with Crippen LogP contribution in [0.4, 0.5) is 13.2 Å². The fraction of sp³-hybridized carbons (Fsp3) is 0.500. The van der Waals surface area contributed by atoms with E-state index in [0.717, 1.165) is 0 Å². The van der Waals surface area contributed by atoms with Gasteiger partial charge in [0.2, 0.25) is 0 Å². The lowest BCUT2D eigenvalue weighted by molar-refractivity contribution is -0.187. The van der Waals surface area contributed by atoms with Crippen LogP contribution in [0.5, 0.6) is 5.75 Å². The molecule has 0 heterocycles. The maximum absolute atomic E-state index is 12.7. The number of esters is 1. The number of carbonyl (C=O) groups excluding carboxylic acids is 1. The Morgan fingerprint density at radius 1 is 1.25 bits per heavy atom. The lowest BCUT2D eigenvalue weighted by Gasteiger charge is -2.29. The molecule has 0 spiro atoms. The highest BCUT2D eigenvalue weighted by Crippen LogP contribution is 2.40. The van der Waals surface area contributed by atoms with E-state index >= 15 is 0 Å². The van der Waals surface area contributed by atoms with Gasteiger partial charge in [-0.05, 0) is 31.4 Å². The second-order valence-electron chi connectivity index (χ2n) is 4.95. The van der Waals surface area contributed by atoms with Crippen molar-refractivity contribution in [1.29, 1.82) is 0 Å². The van der Waals surface area contributed by atoms with Gasteiger partial charge in [-0.3, -0.25) is 4.79 Å². The first-order chi connectivity index (χ1) is 9.38. The largest absolute Gasteiger partial charge is 0.425 e. The summed E-state index contributed by atoms with van der Waals surface area (Å²) in [4.78, 5) is 11.9. The Hall–Kier alpha value is -1.23. The summed E-state index contributed by atoms with van der Waals surface area (Å²) in [6.07, 6.45) is -3.56. The second-order valence-corrected chi connectivity index (χ2v) is 5.36. The van der Waals surface area contributed by atoms with Gasteiger partial charge in [-0.15, -0.1) is 0 Å². The topological polar surface area (TPSA) is 26.3 Å². The molecule has 20 heavy (non-hydrogen) atoms. The van der Waals surface area contributed by atoms with Crippen molar-refractivity contribution in [2.24, 2.45) is 11.8 Å². The number of ether oxygens (including phenoxy) is 1. The van der Waals surface area contributed by atoms with Gasteiger partial charge in [0.25, 0.3) is 0 Å². The van der Waals surface area contributed by atoms with Crippen molar-refractivity contribution in [3.8, 4) is 5.75 Å². The van der Waals surface area contributed by atoms with E-state index in [1.54, 1.807) is 18.2 Å². The third-order valence-corrected chi connectivity index (χ3v) is 3.83. The van der Waals surface area contributed by atoms with Crippen molar-refractivity contribution in [2.75, 3.05) is 0 Å². The van der Waals surface area contributed by atoms with Crippen LogP contribution in [0.15, 0.2) is 24.3 Å². The summed E-state index contributed by atoms with van der Waals surface area (Å²) in [6.45, 7) is 0. The molecular formula is C14H14ClF3O2. The van der Waals surface area contributed by atoms with Crippen molar-refractivity contribution >= 4 is 17.6 Å². The number of carbonyl (C=O) groups is 1. The standard InChI is InChI=1S/C14H14ClF3O2/c15-11-6-1-2-7-12(11)20-13(19)9-4-3-5-10(8-9)14(16,17)18/h1-2,6-7,9-10H,3-5,8H2. The van der Waals surface area contributed by atoms with E-state index in [1.807, 2.05) is 0 Å². The number of hydrogen-bond acceptors (Lipinski definition) is 2. The van der Waals surface area contributed by atoms with Gasteiger partial charge >= 0.3 is 12.1 Å². The molecular weight excluding hydrogens is 293 g/mol. The number of halogens is 4. The Kier molecular flexibility index (Phi) is 4.58. The number of benzene rings is 1. The first kappa shape index (κ1) is 15.2. The van der Waals surface area contributed by atoms with Crippen LogP contribution in [0, 0.1) is 11.8 Å². The normalized spacial score (nSPS) is 23.4. The van der Waals surface area contributed by atoms with E-state index in [4.69, 9.17) is 16.3 Å². The minimum Gasteiger partial charge on any atom is -0.425 e. The molecule has 1 aromatic rings. The monoisotopic (exact) mass is 306 g/mol. The molecule has 1 aliphatic carbocycles. The molecule has 1 aliphatic rings. The van der Waals surface area contributed by atoms with Gasteiger partial charge < -0.3 is 4.74 Å². The number of para-hydroxylation sites is 1. The summed E-state index contributed by atoms with van der Waals surface area (Å²) in [6, 6.07) is 6.40. The van der Waals surface area contributed by atoms with E-state index in [-0.39, 0.29) is 23.6 Å². The van der Waals surface area contributed by atoms with Crippen LogP contribution in [0.25, 0.3) is 0 Å². The van der Waals surface area contributed by atoms with Crippen LogP contribution < -0.4 is 4.74 Å². The Morgan fingerprint density at radius 3 is 2.60 bits per heavy atom. The average molecular weight is 307 g/mol. The number of hydrogen-bond donors (Lipinski definition) is 0. The minimum atomic E-state index is -4.25. The van der Waals surface area contributed by atoms with Crippen LogP contribution >= 0.6 is 11.6 Å². The molecule has 0 N–H and O–H groups in total. The van der Waals surface area contributed by atoms with Crippen LogP contribution in [0.3, 0.4) is 0 Å². The molecule has 2 rings (SSSR count). The van der Waals surface area contributed by atoms with E-state index in [9.17, 15) is 18.0 Å².